The van der Waals surface area contributed by atoms with Crippen LogP contribution >= 0.6 is 11.8 Å². The molecule has 23 heavy (non-hydrogen) atoms. The third kappa shape index (κ3) is 3.42. The fourth-order valence-electron chi connectivity index (χ4n) is 2.49. The van der Waals surface area contributed by atoms with E-state index in [1.165, 1.54) is 28.4 Å². The summed E-state index contributed by atoms with van der Waals surface area (Å²) in [5.74, 6) is 0.384. The Morgan fingerprint density at radius 1 is 1.39 bits per heavy atom. The molecule has 6 heteroatoms. The predicted molar refractivity (Wildman–Crippen MR) is 93.6 cm³/mol. The maximum atomic E-state index is 12.0. The molecule has 0 spiro atoms. The molecule has 3 aromatic rings. The molecule has 5 nitrogen and oxygen atoms in total. The van der Waals surface area contributed by atoms with E-state index in [0.29, 0.717) is 12.3 Å². The number of nitrogens with zero attached hydrogens (tertiary/aromatic N) is 2. The van der Waals surface area contributed by atoms with E-state index in [-0.39, 0.29) is 5.91 Å². The molecule has 0 aliphatic heterocycles. The number of rotatable bonds is 5. The Hall–Kier alpha value is -2.21. The van der Waals surface area contributed by atoms with Gasteiger partial charge in [0.1, 0.15) is 0 Å². The van der Waals surface area contributed by atoms with Gasteiger partial charge in [0.2, 0.25) is 5.91 Å². The van der Waals surface area contributed by atoms with Gasteiger partial charge in [0.15, 0.2) is 5.16 Å². The van der Waals surface area contributed by atoms with Crippen LogP contribution in [0.3, 0.4) is 0 Å². The number of aromatic amines is 1. The van der Waals surface area contributed by atoms with Crippen LogP contribution in [0.1, 0.15) is 16.8 Å². The minimum atomic E-state index is 0.0140. The first-order chi connectivity index (χ1) is 11.0. The largest absolute Gasteiger partial charge is 0.358 e. The molecule has 0 bridgehead atoms. The summed E-state index contributed by atoms with van der Waals surface area (Å²) in [6.07, 6.45) is 3.60. The van der Waals surface area contributed by atoms with Gasteiger partial charge in [-0.3, -0.25) is 4.79 Å². The number of aryl methyl sites for hydroxylation is 3. The summed E-state index contributed by atoms with van der Waals surface area (Å²) in [6, 6.07) is 6.25. The molecule has 0 fully saturated rings. The Balaban J connectivity index is 1.58. The molecular weight excluding hydrogens is 308 g/mol. The zero-order valence-corrected chi connectivity index (χ0v) is 14.3. The average Bonchev–Trinajstić information content (AvgIpc) is 3.07. The predicted octanol–water partition coefficient (Wildman–Crippen LogP) is 2.93. The number of thioether (sulfide) groups is 1. The highest BCUT2D eigenvalue weighted by Gasteiger charge is 2.08. The number of fused-ring (bicyclic) bond motifs is 1. The number of carbonyl (C=O) groups is 1. The van der Waals surface area contributed by atoms with Crippen molar-refractivity contribution in [1.82, 2.24) is 19.9 Å². The van der Waals surface area contributed by atoms with E-state index in [2.05, 4.69) is 41.3 Å². The molecule has 0 aliphatic carbocycles. The normalized spacial score (nSPS) is 11.1. The maximum Gasteiger partial charge on any atom is 0.230 e. The SMILES string of the molecule is Cc1[nH]c2ccc(CNC(=O)CSc3nccn3C)cc2c1C. The quantitative estimate of drug-likeness (QED) is 0.708. The Morgan fingerprint density at radius 3 is 2.96 bits per heavy atom. The van der Waals surface area contributed by atoms with Crippen LogP contribution in [0.2, 0.25) is 0 Å². The van der Waals surface area contributed by atoms with Gasteiger partial charge >= 0.3 is 0 Å². The van der Waals surface area contributed by atoms with Gasteiger partial charge in [-0.25, -0.2) is 4.98 Å². The Morgan fingerprint density at radius 2 is 2.22 bits per heavy atom. The van der Waals surface area contributed by atoms with Crippen molar-refractivity contribution in [2.75, 3.05) is 5.75 Å². The summed E-state index contributed by atoms with van der Waals surface area (Å²) < 4.78 is 1.91. The molecule has 0 aliphatic rings. The summed E-state index contributed by atoms with van der Waals surface area (Å²) in [7, 11) is 1.92. The van der Waals surface area contributed by atoms with Crippen LogP contribution in [0.15, 0.2) is 35.7 Å². The second-order valence-corrected chi connectivity index (χ2v) is 6.58. The number of aromatic nitrogens is 3. The number of imidazole rings is 1. The van der Waals surface area contributed by atoms with Crippen molar-refractivity contribution in [3.8, 4) is 0 Å². The van der Waals surface area contributed by atoms with E-state index in [0.717, 1.165) is 16.2 Å². The van der Waals surface area contributed by atoms with E-state index < -0.39 is 0 Å². The molecule has 0 saturated heterocycles. The number of carbonyl (C=O) groups excluding carboxylic acids is 1. The monoisotopic (exact) mass is 328 g/mol. The molecule has 0 radical (unpaired) electrons. The topological polar surface area (TPSA) is 62.7 Å². The minimum absolute atomic E-state index is 0.0140. The van der Waals surface area contributed by atoms with Crippen molar-refractivity contribution < 1.29 is 4.79 Å². The Labute approximate surface area is 139 Å². The van der Waals surface area contributed by atoms with E-state index >= 15 is 0 Å². The van der Waals surface area contributed by atoms with Crippen LogP contribution in [-0.4, -0.2) is 26.2 Å². The second-order valence-electron chi connectivity index (χ2n) is 5.64. The van der Waals surface area contributed by atoms with Gasteiger partial charge in [-0.2, -0.15) is 0 Å². The first-order valence-corrected chi connectivity index (χ1v) is 8.48. The standard InChI is InChI=1S/C17H20N4OS/c1-11-12(2)20-15-5-4-13(8-14(11)15)9-19-16(22)10-23-17-18-6-7-21(17)3/h4-8,20H,9-10H2,1-3H3,(H,19,22). The van der Waals surface area contributed by atoms with Gasteiger partial charge in [-0.15, -0.1) is 0 Å². The van der Waals surface area contributed by atoms with Gasteiger partial charge < -0.3 is 14.9 Å². The van der Waals surface area contributed by atoms with Crippen LogP contribution in [0.4, 0.5) is 0 Å². The number of benzene rings is 1. The van der Waals surface area contributed by atoms with Crippen LogP contribution in [-0.2, 0) is 18.4 Å². The highest BCUT2D eigenvalue weighted by Crippen LogP contribution is 2.22. The van der Waals surface area contributed by atoms with E-state index in [1.54, 1.807) is 6.20 Å². The van der Waals surface area contributed by atoms with Crippen molar-refractivity contribution in [2.24, 2.45) is 7.05 Å². The smallest absolute Gasteiger partial charge is 0.230 e. The van der Waals surface area contributed by atoms with Crippen LogP contribution in [0.25, 0.3) is 10.9 Å². The Kier molecular flexibility index (Phi) is 4.43. The lowest BCUT2D eigenvalue weighted by Gasteiger charge is -2.06. The maximum absolute atomic E-state index is 12.0. The van der Waals surface area contributed by atoms with Gasteiger partial charge in [-0.05, 0) is 37.1 Å². The molecule has 1 amide bonds. The molecule has 3 rings (SSSR count). The third-order valence-corrected chi connectivity index (χ3v) is 5.03. The van der Waals surface area contributed by atoms with Crippen LogP contribution in [0.5, 0.6) is 0 Å². The van der Waals surface area contributed by atoms with E-state index in [1.807, 2.05) is 23.9 Å². The number of nitrogens with one attached hydrogen (secondary N) is 2. The lowest BCUT2D eigenvalue weighted by molar-refractivity contribution is -0.118. The fraction of sp³-hybridized carbons (Fsp3) is 0.294. The Bertz CT molecular complexity index is 850. The molecule has 1 aromatic carbocycles. The molecule has 120 valence electrons. The van der Waals surface area contributed by atoms with Crippen LogP contribution < -0.4 is 5.32 Å². The zero-order chi connectivity index (χ0) is 16.4. The number of hydrogen-bond donors (Lipinski definition) is 2. The first kappa shape index (κ1) is 15.7. The number of H-pyrrole nitrogens is 1. The van der Waals surface area contributed by atoms with Gasteiger partial charge in [0, 0.05) is 42.6 Å². The molecule has 0 saturated carbocycles. The summed E-state index contributed by atoms with van der Waals surface area (Å²) in [5, 5.41) is 5.03. The zero-order valence-electron chi connectivity index (χ0n) is 13.5. The summed E-state index contributed by atoms with van der Waals surface area (Å²) >= 11 is 1.44. The molecule has 0 atom stereocenters. The molecule has 2 N–H and O–H groups in total. The van der Waals surface area contributed by atoms with Crippen molar-refractivity contribution >= 4 is 28.6 Å². The average molecular weight is 328 g/mol. The highest BCUT2D eigenvalue weighted by atomic mass is 32.2. The fourth-order valence-corrected chi connectivity index (χ4v) is 3.25. The summed E-state index contributed by atoms with van der Waals surface area (Å²) in [4.78, 5) is 19.5. The first-order valence-electron chi connectivity index (χ1n) is 7.49. The van der Waals surface area contributed by atoms with Crippen molar-refractivity contribution in [3.63, 3.8) is 0 Å². The molecule has 2 heterocycles. The second kappa shape index (κ2) is 6.50. The van der Waals surface area contributed by atoms with Gasteiger partial charge in [0.25, 0.3) is 0 Å². The lowest BCUT2D eigenvalue weighted by Crippen LogP contribution is -2.24. The van der Waals surface area contributed by atoms with E-state index in [4.69, 9.17) is 0 Å². The summed E-state index contributed by atoms with van der Waals surface area (Å²) in [6.45, 7) is 4.73. The lowest BCUT2D eigenvalue weighted by atomic mass is 10.1. The molecular formula is C17H20N4OS. The summed E-state index contributed by atoms with van der Waals surface area (Å²) in [5.41, 5.74) is 4.70. The highest BCUT2D eigenvalue weighted by molar-refractivity contribution is 7.99. The number of hydrogen-bond acceptors (Lipinski definition) is 3. The number of amides is 1. The molecule has 2 aromatic heterocycles. The van der Waals surface area contributed by atoms with Crippen LogP contribution in [0, 0.1) is 13.8 Å². The van der Waals surface area contributed by atoms with Crippen molar-refractivity contribution in [1.29, 1.82) is 0 Å². The minimum Gasteiger partial charge on any atom is -0.358 e. The molecule has 0 unspecified atom stereocenters. The van der Waals surface area contributed by atoms with Crippen molar-refractivity contribution in [3.05, 3.63) is 47.4 Å². The van der Waals surface area contributed by atoms with E-state index in [9.17, 15) is 4.79 Å². The van der Waals surface area contributed by atoms with Gasteiger partial charge in [0.05, 0.1) is 5.75 Å². The third-order valence-electron chi connectivity index (χ3n) is 3.97. The van der Waals surface area contributed by atoms with Crippen molar-refractivity contribution in [2.45, 2.75) is 25.5 Å². The van der Waals surface area contributed by atoms with Gasteiger partial charge in [-0.1, -0.05) is 17.8 Å².